The first kappa shape index (κ1) is 18.2. The van der Waals surface area contributed by atoms with Gasteiger partial charge in [0.05, 0.1) is 4.90 Å². The summed E-state index contributed by atoms with van der Waals surface area (Å²) in [6.45, 7) is 2.62. The molecule has 0 aromatic heterocycles. The minimum absolute atomic E-state index is 0.0443. The molecule has 0 heterocycles. The van der Waals surface area contributed by atoms with E-state index in [2.05, 4.69) is 29.0 Å². The Morgan fingerprint density at radius 2 is 1.63 bits per heavy atom. The third-order valence-corrected chi connectivity index (χ3v) is 6.57. The largest absolute Gasteiger partial charge is 0.331 e. The van der Waals surface area contributed by atoms with Crippen molar-refractivity contribution in [3.63, 3.8) is 0 Å². The van der Waals surface area contributed by atoms with Gasteiger partial charge in [0.25, 0.3) is 5.91 Å². The molecule has 4 rings (SSSR count). The number of aryl methyl sites for hydroxylation is 1. The number of hydrogen-bond acceptors (Lipinski definition) is 3. The lowest BCUT2D eigenvalue weighted by molar-refractivity contribution is 0.0730. The van der Waals surface area contributed by atoms with Crippen molar-refractivity contribution in [3.05, 3.63) is 65.2 Å². The van der Waals surface area contributed by atoms with Gasteiger partial charge in [-0.05, 0) is 62.4 Å². The van der Waals surface area contributed by atoms with E-state index < -0.39 is 10.0 Å². The first-order chi connectivity index (χ1) is 12.9. The van der Waals surface area contributed by atoms with Gasteiger partial charge < -0.3 is 4.90 Å². The monoisotopic (exact) mass is 384 g/mol. The van der Waals surface area contributed by atoms with Crippen LogP contribution in [-0.2, 0) is 16.6 Å². The van der Waals surface area contributed by atoms with Gasteiger partial charge in [-0.25, -0.2) is 13.1 Å². The summed E-state index contributed by atoms with van der Waals surface area (Å²) in [5.74, 6) is -0.0443. The predicted molar refractivity (Wildman–Crippen MR) is 104 cm³/mol. The molecule has 2 fully saturated rings. The van der Waals surface area contributed by atoms with Crippen LogP contribution >= 0.6 is 0 Å². The molecule has 1 N–H and O–H groups in total. The maximum Gasteiger partial charge on any atom is 0.254 e. The van der Waals surface area contributed by atoms with E-state index in [1.165, 1.54) is 17.7 Å². The maximum atomic E-state index is 13.0. The zero-order valence-corrected chi connectivity index (χ0v) is 16.2. The summed E-state index contributed by atoms with van der Waals surface area (Å²) in [4.78, 5) is 15.1. The minimum atomic E-state index is -3.49. The van der Waals surface area contributed by atoms with E-state index in [4.69, 9.17) is 0 Å². The average molecular weight is 385 g/mol. The lowest BCUT2D eigenvalue weighted by Crippen LogP contribution is -2.32. The van der Waals surface area contributed by atoms with Gasteiger partial charge >= 0.3 is 0 Å². The molecule has 0 aliphatic heterocycles. The molecule has 0 atom stereocenters. The Morgan fingerprint density at radius 1 is 1.00 bits per heavy atom. The van der Waals surface area contributed by atoms with Crippen molar-refractivity contribution in [2.75, 3.05) is 0 Å². The lowest BCUT2D eigenvalue weighted by Gasteiger charge is -2.23. The normalized spacial score (nSPS) is 16.9. The second-order valence-electron chi connectivity index (χ2n) is 7.57. The SMILES string of the molecule is Cc1ccc(CN(C(=O)c2ccc(S(=O)(=O)NC3CC3)cc2)C2CC2)cc1. The molecule has 2 aromatic rings. The van der Waals surface area contributed by atoms with Crippen molar-refractivity contribution >= 4 is 15.9 Å². The van der Waals surface area contributed by atoms with E-state index in [9.17, 15) is 13.2 Å². The van der Waals surface area contributed by atoms with E-state index in [1.807, 2.05) is 11.8 Å². The van der Waals surface area contributed by atoms with Crippen molar-refractivity contribution in [2.24, 2.45) is 0 Å². The summed E-state index contributed by atoms with van der Waals surface area (Å²) in [7, 11) is -3.49. The van der Waals surface area contributed by atoms with Gasteiger partial charge in [0.1, 0.15) is 0 Å². The number of benzene rings is 2. The molecular weight excluding hydrogens is 360 g/mol. The summed E-state index contributed by atoms with van der Waals surface area (Å²) < 4.78 is 27.2. The second kappa shape index (κ2) is 7.09. The first-order valence-corrected chi connectivity index (χ1v) is 10.9. The topological polar surface area (TPSA) is 66.5 Å². The number of rotatable bonds is 7. The Hall–Kier alpha value is -2.18. The van der Waals surface area contributed by atoms with Crippen molar-refractivity contribution in [1.29, 1.82) is 0 Å². The molecule has 142 valence electrons. The van der Waals surface area contributed by atoms with Crippen LogP contribution in [0.1, 0.15) is 47.2 Å². The molecule has 2 aliphatic rings. The Kier molecular flexibility index (Phi) is 4.78. The van der Waals surface area contributed by atoms with E-state index >= 15 is 0 Å². The van der Waals surface area contributed by atoms with Gasteiger partial charge in [-0.3, -0.25) is 4.79 Å². The Balaban J connectivity index is 1.50. The summed E-state index contributed by atoms with van der Waals surface area (Å²) in [6.07, 6.45) is 3.83. The highest BCUT2D eigenvalue weighted by atomic mass is 32.2. The Labute approximate surface area is 160 Å². The number of carbonyl (C=O) groups is 1. The van der Waals surface area contributed by atoms with Crippen LogP contribution in [0.25, 0.3) is 0 Å². The molecule has 2 aromatic carbocycles. The quantitative estimate of drug-likeness (QED) is 0.797. The van der Waals surface area contributed by atoms with E-state index in [1.54, 1.807) is 12.1 Å². The Bertz CT molecular complexity index is 928. The number of amides is 1. The third kappa shape index (κ3) is 4.39. The highest BCUT2D eigenvalue weighted by Crippen LogP contribution is 2.30. The second-order valence-corrected chi connectivity index (χ2v) is 9.28. The van der Waals surface area contributed by atoms with E-state index in [0.717, 1.165) is 31.2 Å². The van der Waals surface area contributed by atoms with Gasteiger partial charge in [-0.1, -0.05) is 29.8 Å². The molecule has 5 nitrogen and oxygen atoms in total. The highest BCUT2D eigenvalue weighted by molar-refractivity contribution is 7.89. The van der Waals surface area contributed by atoms with Crippen LogP contribution in [-0.4, -0.2) is 31.3 Å². The molecule has 0 saturated heterocycles. The van der Waals surface area contributed by atoms with Crippen molar-refractivity contribution < 1.29 is 13.2 Å². The predicted octanol–water partition coefficient (Wildman–Crippen LogP) is 3.24. The smallest absolute Gasteiger partial charge is 0.254 e. The van der Waals surface area contributed by atoms with E-state index in [0.29, 0.717) is 12.1 Å². The molecule has 0 unspecified atom stereocenters. The van der Waals surface area contributed by atoms with Crippen LogP contribution in [0.2, 0.25) is 0 Å². The molecule has 27 heavy (non-hydrogen) atoms. The molecule has 0 spiro atoms. The highest BCUT2D eigenvalue weighted by Gasteiger charge is 2.33. The number of nitrogens with one attached hydrogen (secondary N) is 1. The fraction of sp³-hybridized carbons (Fsp3) is 0.381. The fourth-order valence-corrected chi connectivity index (χ4v) is 4.38. The third-order valence-electron chi connectivity index (χ3n) is 5.03. The zero-order valence-electron chi connectivity index (χ0n) is 15.4. The zero-order chi connectivity index (χ0) is 19.0. The molecule has 1 amide bonds. The van der Waals surface area contributed by atoms with Gasteiger partial charge in [0, 0.05) is 24.2 Å². The van der Waals surface area contributed by atoms with Crippen molar-refractivity contribution in [3.8, 4) is 0 Å². The standard InChI is InChI=1S/C21H24N2O3S/c1-15-2-4-16(5-3-15)14-23(19-10-11-19)21(24)17-6-12-20(13-7-17)27(25,26)22-18-8-9-18/h2-7,12-13,18-19,22H,8-11,14H2,1H3. The van der Waals surface area contributed by atoms with Crippen LogP contribution in [0.3, 0.4) is 0 Å². The van der Waals surface area contributed by atoms with Crippen LogP contribution in [0, 0.1) is 6.92 Å². The average Bonchev–Trinajstić information content (AvgIpc) is 3.56. The molecule has 0 radical (unpaired) electrons. The molecule has 0 bridgehead atoms. The van der Waals surface area contributed by atoms with Gasteiger partial charge in [0.15, 0.2) is 0 Å². The fourth-order valence-electron chi connectivity index (χ4n) is 3.07. The Morgan fingerprint density at radius 3 is 2.19 bits per heavy atom. The van der Waals surface area contributed by atoms with Gasteiger partial charge in [-0.2, -0.15) is 0 Å². The van der Waals surface area contributed by atoms with Crippen molar-refractivity contribution in [1.82, 2.24) is 9.62 Å². The van der Waals surface area contributed by atoms with Crippen LogP contribution in [0.4, 0.5) is 0 Å². The molecular formula is C21H24N2O3S. The molecule has 6 heteroatoms. The number of hydrogen-bond donors (Lipinski definition) is 1. The first-order valence-electron chi connectivity index (χ1n) is 9.41. The molecule has 2 aliphatic carbocycles. The summed E-state index contributed by atoms with van der Waals surface area (Å²) in [5.41, 5.74) is 2.83. The number of nitrogens with zero attached hydrogens (tertiary/aromatic N) is 1. The summed E-state index contributed by atoms with van der Waals surface area (Å²) >= 11 is 0. The van der Waals surface area contributed by atoms with Crippen molar-refractivity contribution in [2.45, 2.75) is 56.1 Å². The lowest BCUT2D eigenvalue weighted by atomic mass is 10.1. The summed E-state index contributed by atoms with van der Waals surface area (Å²) in [5, 5.41) is 0. The minimum Gasteiger partial charge on any atom is -0.331 e. The molecule has 2 saturated carbocycles. The number of carbonyl (C=O) groups excluding carboxylic acids is 1. The maximum absolute atomic E-state index is 13.0. The van der Waals surface area contributed by atoms with Gasteiger partial charge in [0.2, 0.25) is 10.0 Å². The number of sulfonamides is 1. The van der Waals surface area contributed by atoms with Gasteiger partial charge in [-0.15, -0.1) is 0 Å². The summed E-state index contributed by atoms with van der Waals surface area (Å²) in [6, 6.07) is 14.8. The van der Waals surface area contributed by atoms with Crippen LogP contribution in [0.15, 0.2) is 53.4 Å². The van der Waals surface area contributed by atoms with Crippen LogP contribution in [0.5, 0.6) is 0 Å². The van der Waals surface area contributed by atoms with E-state index in [-0.39, 0.29) is 22.9 Å². The van der Waals surface area contributed by atoms with Crippen LogP contribution < -0.4 is 4.72 Å².